The van der Waals surface area contributed by atoms with Crippen LogP contribution in [0.2, 0.25) is 0 Å². The van der Waals surface area contributed by atoms with E-state index in [9.17, 15) is 0 Å². The van der Waals surface area contributed by atoms with Crippen molar-refractivity contribution in [2.24, 2.45) is 0 Å². The van der Waals surface area contributed by atoms with E-state index in [4.69, 9.17) is 0 Å². The van der Waals surface area contributed by atoms with Gasteiger partial charge in [-0.25, -0.2) is 0 Å². The molecule has 1 aliphatic heterocycles. The number of nitrogens with one attached hydrogen (secondary N) is 1. The van der Waals surface area contributed by atoms with Crippen molar-refractivity contribution < 1.29 is 4.48 Å². The van der Waals surface area contributed by atoms with Crippen molar-refractivity contribution in [2.45, 2.75) is 57.4 Å². The summed E-state index contributed by atoms with van der Waals surface area (Å²) in [6.07, 6.45) is 7.83. The van der Waals surface area contributed by atoms with Crippen LogP contribution in [0.5, 0.6) is 0 Å². The minimum Gasteiger partial charge on any atom is -0.385 e. The number of benzene rings is 2. The SMILES string of the molecule is Cc1c(NCC[C@H]2CCCC[N+]2(C)C)cccc1C1Cc2ccccc2C1. The molecule has 2 heteroatoms. The molecule has 1 atom stereocenters. The monoisotopic (exact) mass is 363 g/mol. The second-order valence-corrected chi connectivity index (χ2v) is 9.26. The Labute approximate surface area is 165 Å². The molecular formula is C25H35N2+. The Balaban J connectivity index is 1.41. The Hall–Kier alpha value is -1.80. The fourth-order valence-electron chi connectivity index (χ4n) is 5.36. The van der Waals surface area contributed by atoms with Crippen LogP contribution in [-0.4, -0.2) is 37.7 Å². The van der Waals surface area contributed by atoms with E-state index in [1.165, 1.54) is 77.5 Å². The molecule has 0 aromatic heterocycles. The van der Waals surface area contributed by atoms with Crippen molar-refractivity contribution >= 4 is 5.69 Å². The number of fused-ring (bicyclic) bond motifs is 1. The third-order valence-electron chi connectivity index (χ3n) is 7.17. The normalized spacial score (nSPS) is 21.8. The van der Waals surface area contributed by atoms with Crippen molar-refractivity contribution in [3.05, 3.63) is 64.7 Å². The van der Waals surface area contributed by atoms with Gasteiger partial charge < -0.3 is 9.80 Å². The van der Waals surface area contributed by atoms with E-state index in [-0.39, 0.29) is 0 Å². The molecule has 1 aliphatic carbocycles. The average molecular weight is 364 g/mol. The summed E-state index contributed by atoms with van der Waals surface area (Å²) in [7, 11) is 4.82. The Morgan fingerprint density at radius 1 is 0.963 bits per heavy atom. The highest BCUT2D eigenvalue weighted by Crippen LogP contribution is 2.37. The standard InChI is InChI=1S/C25H35N2/c1-19-24(22-17-20-9-4-5-10-21(20)18-22)12-8-13-25(19)26-15-14-23-11-6-7-16-27(23,2)3/h4-5,8-10,12-13,22-23,26H,6-7,11,14-18H2,1-3H3/q+1/t23-/m1/s1. The first-order chi connectivity index (χ1) is 13.0. The van der Waals surface area contributed by atoms with E-state index < -0.39 is 0 Å². The molecule has 0 saturated carbocycles. The molecule has 2 aliphatic rings. The molecule has 144 valence electrons. The van der Waals surface area contributed by atoms with Crippen molar-refractivity contribution in [1.82, 2.24) is 0 Å². The molecule has 27 heavy (non-hydrogen) atoms. The molecule has 2 aromatic rings. The third-order valence-corrected chi connectivity index (χ3v) is 7.17. The quantitative estimate of drug-likeness (QED) is 0.710. The summed E-state index contributed by atoms with van der Waals surface area (Å²) in [6.45, 7) is 4.73. The lowest BCUT2D eigenvalue weighted by molar-refractivity contribution is -0.920. The molecule has 0 radical (unpaired) electrons. The molecule has 0 spiro atoms. The Morgan fingerprint density at radius 3 is 2.41 bits per heavy atom. The van der Waals surface area contributed by atoms with Gasteiger partial charge in [0.15, 0.2) is 0 Å². The second-order valence-electron chi connectivity index (χ2n) is 9.26. The minimum absolute atomic E-state index is 0.637. The molecule has 2 aromatic carbocycles. The van der Waals surface area contributed by atoms with E-state index in [1.54, 1.807) is 0 Å². The van der Waals surface area contributed by atoms with Crippen molar-refractivity contribution in [1.29, 1.82) is 0 Å². The van der Waals surface area contributed by atoms with Gasteiger partial charge in [-0.15, -0.1) is 0 Å². The summed E-state index contributed by atoms with van der Waals surface area (Å²) >= 11 is 0. The van der Waals surface area contributed by atoms with Gasteiger partial charge in [-0.2, -0.15) is 0 Å². The molecule has 1 heterocycles. The predicted octanol–water partition coefficient (Wildman–Crippen LogP) is 5.31. The number of rotatable bonds is 5. The first kappa shape index (κ1) is 18.6. The molecule has 4 rings (SSSR count). The summed E-state index contributed by atoms with van der Waals surface area (Å²) in [5.74, 6) is 0.637. The van der Waals surface area contributed by atoms with Crippen LogP contribution in [0.25, 0.3) is 0 Å². The highest BCUT2D eigenvalue weighted by Gasteiger charge is 2.30. The number of likely N-dealkylation sites (tertiary alicyclic amines) is 1. The molecule has 0 amide bonds. The molecule has 0 unspecified atom stereocenters. The lowest BCUT2D eigenvalue weighted by Crippen LogP contribution is -2.52. The zero-order valence-corrected chi connectivity index (χ0v) is 17.3. The molecule has 1 saturated heterocycles. The number of hydrogen-bond donors (Lipinski definition) is 1. The van der Waals surface area contributed by atoms with Crippen molar-refractivity contribution in [3.8, 4) is 0 Å². The van der Waals surface area contributed by atoms with Crippen LogP contribution < -0.4 is 5.32 Å². The minimum atomic E-state index is 0.637. The van der Waals surface area contributed by atoms with Gasteiger partial charge in [0.25, 0.3) is 0 Å². The number of piperidine rings is 1. The molecule has 2 nitrogen and oxygen atoms in total. The van der Waals surface area contributed by atoms with Gasteiger partial charge in [-0.1, -0.05) is 36.4 Å². The van der Waals surface area contributed by atoms with E-state index in [0.717, 1.165) is 12.6 Å². The molecule has 1 fully saturated rings. The van der Waals surface area contributed by atoms with E-state index >= 15 is 0 Å². The maximum Gasteiger partial charge on any atom is 0.0903 e. The predicted molar refractivity (Wildman–Crippen MR) is 115 cm³/mol. The maximum absolute atomic E-state index is 3.77. The fourth-order valence-corrected chi connectivity index (χ4v) is 5.36. The highest BCUT2D eigenvalue weighted by atomic mass is 15.3. The van der Waals surface area contributed by atoms with Gasteiger partial charge in [0, 0.05) is 18.7 Å². The Bertz CT molecular complexity index is 768. The highest BCUT2D eigenvalue weighted by molar-refractivity contribution is 5.56. The summed E-state index contributed by atoms with van der Waals surface area (Å²) in [5, 5.41) is 3.77. The van der Waals surface area contributed by atoms with Crippen LogP contribution in [-0.2, 0) is 12.8 Å². The van der Waals surface area contributed by atoms with Crippen LogP contribution in [0.15, 0.2) is 42.5 Å². The average Bonchev–Trinajstić information content (AvgIpc) is 3.08. The Morgan fingerprint density at radius 2 is 1.70 bits per heavy atom. The van der Waals surface area contributed by atoms with Crippen LogP contribution in [0.1, 0.15) is 53.9 Å². The number of quaternary nitrogens is 1. The van der Waals surface area contributed by atoms with Gasteiger partial charge in [-0.05, 0) is 73.3 Å². The summed E-state index contributed by atoms with van der Waals surface area (Å²) < 4.78 is 1.20. The van der Waals surface area contributed by atoms with Crippen molar-refractivity contribution in [3.63, 3.8) is 0 Å². The smallest absolute Gasteiger partial charge is 0.0903 e. The Kier molecular flexibility index (Phi) is 5.27. The van der Waals surface area contributed by atoms with Gasteiger partial charge in [0.05, 0.1) is 26.7 Å². The van der Waals surface area contributed by atoms with Crippen LogP contribution in [0, 0.1) is 6.92 Å². The van der Waals surface area contributed by atoms with Crippen LogP contribution >= 0.6 is 0 Å². The lowest BCUT2D eigenvalue weighted by Gasteiger charge is -2.41. The van der Waals surface area contributed by atoms with E-state index in [1.807, 2.05) is 0 Å². The maximum atomic E-state index is 3.77. The zero-order valence-electron chi connectivity index (χ0n) is 17.3. The van der Waals surface area contributed by atoms with Crippen LogP contribution in [0.4, 0.5) is 5.69 Å². The second kappa shape index (κ2) is 7.67. The van der Waals surface area contributed by atoms with Gasteiger partial charge >= 0.3 is 0 Å². The largest absolute Gasteiger partial charge is 0.385 e. The molecular weight excluding hydrogens is 328 g/mol. The fraction of sp³-hybridized carbons (Fsp3) is 0.520. The third kappa shape index (κ3) is 3.91. The summed E-state index contributed by atoms with van der Waals surface area (Å²) in [5.41, 5.74) is 7.40. The molecule has 0 bridgehead atoms. The topological polar surface area (TPSA) is 12.0 Å². The van der Waals surface area contributed by atoms with Gasteiger partial charge in [-0.3, -0.25) is 0 Å². The van der Waals surface area contributed by atoms with Gasteiger partial charge in [0.2, 0.25) is 0 Å². The number of anilines is 1. The summed E-state index contributed by atoms with van der Waals surface area (Å²) in [4.78, 5) is 0. The van der Waals surface area contributed by atoms with Gasteiger partial charge in [0.1, 0.15) is 0 Å². The first-order valence-corrected chi connectivity index (χ1v) is 10.8. The first-order valence-electron chi connectivity index (χ1n) is 10.8. The zero-order chi connectivity index (χ0) is 18.9. The lowest BCUT2D eigenvalue weighted by atomic mass is 9.91. The van der Waals surface area contributed by atoms with E-state index in [0.29, 0.717) is 5.92 Å². The number of hydrogen-bond acceptors (Lipinski definition) is 1. The van der Waals surface area contributed by atoms with Crippen molar-refractivity contribution in [2.75, 3.05) is 32.5 Å². The summed E-state index contributed by atoms with van der Waals surface area (Å²) in [6, 6.07) is 16.6. The number of nitrogens with zero attached hydrogens (tertiary/aromatic N) is 1. The van der Waals surface area contributed by atoms with E-state index in [2.05, 4.69) is 68.8 Å². The van der Waals surface area contributed by atoms with Crippen LogP contribution in [0.3, 0.4) is 0 Å². The molecule has 1 N–H and O–H groups in total.